The normalized spacial score (nSPS) is 14.0. The van der Waals surface area contributed by atoms with E-state index in [-0.39, 0.29) is 12.8 Å². The Hall–Kier alpha value is -3.49. The van der Waals surface area contributed by atoms with Gasteiger partial charge in [-0.05, 0) is 54.7 Å². The van der Waals surface area contributed by atoms with Gasteiger partial charge in [-0.1, -0.05) is 86.8 Å². The van der Waals surface area contributed by atoms with Crippen LogP contribution in [0.3, 0.4) is 0 Å². The molecule has 1 saturated heterocycles. The van der Waals surface area contributed by atoms with Gasteiger partial charge in [-0.3, -0.25) is 9.89 Å². The molecular formula is C36H56F3N5O. The van der Waals surface area contributed by atoms with Crippen LogP contribution in [0.15, 0.2) is 42.4 Å². The number of nitrogens with one attached hydrogen (secondary N) is 1. The lowest BCUT2D eigenvalue weighted by atomic mass is 10.0. The lowest BCUT2D eigenvalue weighted by Crippen LogP contribution is -2.22. The third-order valence-corrected chi connectivity index (χ3v) is 6.93. The van der Waals surface area contributed by atoms with Crippen molar-refractivity contribution in [2.45, 2.75) is 120 Å². The maximum absolute atomic E-state index is 14.5. The summed E-state index contributed by atoms with van der Waals surface area (Å²) >= 11 is 0. The van der Waals surface area contributed by atoms with Gasteiger partial charge in [-0.25, -0.2) is 23.1 Å². The van der Waals surface area contributed by atoms with Crippen molar-refractivity contribution in [3.8, 4) is 11.4 Å². The van der Waals surface area contributed by atoms with Gasteiger partial charge in [0.05, 0.1) is 12.4 Å². The van der Waals surface area contributed by atoms with Crippen molar-refractivity contribution in [1.82, 2.24) is 20.2 Å². The molecule has 0 radical (unpaired) electrons. The highest BCUT2D eigenvalue weighted by Gasteiger charge is 2.28. The molecule has 45 heavy (non-hydrogen) atoms. The maximum atomic E-state index is 14.5. The van der Waals surface area contributed by atoms with Gasteiger partial charge in [0, 0.05) is 43.6 Å². The van der Waals surface area contributed by atoms with Gasteiger partial charge < -0.3 is 4.90 Å². The van der Waals surface area contributed by atoms with E-state index in [2.05, 4.69) is 34.0 Å². The second-order valence-electron chi connectivity index (χ2n) is 10.4. The molecule has 1 N–H and O–H groups in total. The number of carbonyl (C=O) groups is 1. The minimum atomic E-state index is -2.41. The van der Waals surface area contributed by atoms with Gasteiger partial charge in [0.2, 0.25) is 5.92 Å². The topological polar surface area (TPSA) is 74.8 Å². The van der Waals surface area contributed by atoms with Gasteiger partial charge in [0.1, 0.15) is 6.29 Å². The van der Waals surface area contributed by atoms with Crippen LogP contribution in [0.25, 0.3) is 17.5 Å². The summed E-state index contributed by atoms with van der Waals surface area (Å²) < 4.78 is 38.8. The Balaban J connectivity index is 0.00000102. The molecular weight excluding hydrogens is 575 g/mol. The number of benzene rings is 1. The number of aldehydes is 1. The third-order valence-electron chi connectivity index (χ3n) is 6.93. The first-order valence-corrected chi connectivity index (χ1v) is 16.5. The molecule has 1 unspecified atom stereocenters. The number of allylic oxidation sites excluding steroid dienone is 1. The van der Waals surface area contributed by atoms with Gasteiger partial charge >= 0.3 is 0 Å². The van der Waals surface area contributed by atoms with Gasteiger partial charge in [0.15, 0.2) is 17.5 Å². The number of carbonyl (C=O) groups excluding carboxylic acids is 1. The summed E-state index contributed by atoms with van der Waals surface area (Å²) in [6, 6.07) is 5.78. The van der Waals surface area contributed by atoms with Crippen LogP contribution >= 0.6 is 0 Å². The molecule has 0 spiro atoms. The summed E-state index contributed by atoms with van der Waals surface area (Å²) in [6.07, 6.45) is 11.8. The quantitative estimate of drug-likeness (QED) is 0.188. The lowest BCUT2D eigenvalue weighted by Gasteiger charge is -2.18. The summed E-state index contributed by atoms with van der Waals surface area (Å²) in [6.45, 7) is 20.8. The molecule has 252 valence electrons. The fourth-order valence-electron chi connectivity index (χ4n) is 4.23. The number of alkyl halides is 2. The van der Waals surface area contributed by atoms with Crippen molar-refractivity contribution in [2.24, 2.45) is 0 Å². The van der Waals surface area contributed by atoms with E-state index in [1.165, 1.54) is 26.0 Å². The van der Waals surface area contributed by atoms with E-state index in [0.717, 1.165) is 41.5 Å². The van der Waals surface area contributed by atoms with Crippen LogP contribution in [0.5, 0.6) is 0 Å². The van der Waals surface area contributed by atoms with E-state index in [1.807, 2.05) is 76.2 Å². The fraction of sp³-hybridized carbons (Fsp3) is 0.556. The van der Waals surface area contributed by atoms with Crippen LogP contribution in [-0.4, -0.2) is 45.5 Å². The Morgan fingerprint density at radius 2 is 1.73 bits per heavy atom. The third kappa shape index (κ3) is 14.4. The van der Waals surface area contributed by atoms with E-state index in [9.17, 15) is 18.0 Å². The molecule has 1 atom stereocenters. The summed E-state index contributed by atoms with van der Waals surface area (Å²) in [5.74, 6) is -1.70. The Kier molecular flexibility index (Phi) is 21.2. The number of anilines is 1. The Bertz CT molecular complexity index is 1240. The molecule has 9 heteroatoms. The average Bonchev–Trinajstić information content (AvgIpc) is 3.78. The van der Waals surface area contributed by atoms with Crippen molar-refractivity contribution in [1.29, 1.82) is 0 Å². The minimum absolute atomic E-state index is 0.0269. The molecule has 1 aliphatic rings. The van der Waals surface area contributed by atoms with Gasteiger partial charge in [0.25, 0.3) is 0 Å². The Morgan fingerprint density at radius 1 is 1.07 bits per heavy atom. The van der Waals surface area contributed by atoms with Crippen molar-refractivity contribution in [3.05, 3.63) is 64.9 Å². The number of unbranched alkanes of at least 4 members (excludes halogenated alkanes) is 1. The largest absolute Gasteiger partial charge is 0.353 e. The van der Waals surface area contributed by atoms with Crippen LogP contribution in [0.2, 0.25) is 0 Å². The first-order valence-electron chi connectivity index (χ1n) is 16.5. The molecule has 2 aromatic heterocycles. The molecule has 1 fully saturated rings. The van der Waals surface area contributed by atoms with Crippen LogP contribution in [0.1, 0.15) is 123 Å². The highest BCUT2D eigenvalue weighted by Crippen LogP contribution is 2.32. The lowest BCUT2D eigenvalue weighted by molar-refractivity contribution is -0.104. The zero-order valence-electron chi connectivity index (χ0n) is 29.2. The number of halogens is 3. The maximum Gasteiger partial charge on any atom is 0.247 e. The highest BCUT2D eigenvalue weighted by atomic mass is 19.3. The monoisotopic (exact) mass is 631 g/mol. The fourth-order valence-corrected chi connectivity index (χ4v) is 4.23. The number of aryl methyl sites for hydroxylation is 1. The first kappa shape index (κ1) is 41.5. The molecule has 0 bridgehead atoms. The van der Waals surface area contributed by atoms with Crippen molar-refractivity contribution < 1.29 is 18.0 Å². The van der Waals surface area contributed by atoms with E-state index < -0.39 is 11.7 Å². The van der Waals surface area contributed by atoms with E-state index in [0.29, 0.717) is 36.1 Å². The first-order chi connectivity index (χ1) is 21.6. The number of aromatic amines is 1. The number of H-pyrrole nitrogens is 1. The standard InChI is InChI=1S/C22H22FN5O.C6H12F2.C4H10.2C2H6/c1-14(13-29)7-16-3-4-17(8-15(16)2)21-24-11-20(23)22(27-21)28-6-5-18(12-28)19-9-25-26-10-19;1-3-5-6(7,8)4-2;1-3-4-2;2*1-2/h3-4,7-11,13,18H,5-6,12H2,1-2H3,(H,25,26);3-5H2,1-2H3;3-4H2,1-2H3;2*1-2H3/b14-7+;;;;. The molecule has 0 saturated carbocycles. The predicted molar refractivity (Wildman–Crippen MR) is 183 cm³/mol. The van der Waals surface area contributed by atoms with Crippen LogP contribution < -0.4 is 4.90 Å². The summed E-state index contributed by atoms with van der Waals surface area (Å²) in [7, 11) is 0. The molecule has 1 aromatic carbocycles. The Morgan fingerprint density at radius 3 is 2.22 bits per heavy atom. The Labute approximate surface area is 270 Å². The molecule has 4 rings (SSSR count). The van der Waals surface area contributed by atoms with Crippen molar-refractivity contribution in [3.63, 3.8) is 0 Å². The van der Waals surface area contributed by atoms with Gasteiger partial charge in [-0.15, -0.1) is 0 Å². The summed E-state index contributed by atoms with van der Waals surface area (Å²) in [4.78, 5) is 21.6. The number of nitrogens with zero attached hydrogens (tertiary/aromatic N) is 4. The van der Waals surface area contributed by atoms with E-state index in [1.54, 1.807) is 13.8 Å². The summed E-state index contributed by atoms with van der Waals surface area (Å²) in [5, 5.41) is 6.84. The van der Waals surface area contributed by atoms with Crippen LogP contribution in [-0.2, 0) is 4.79 Å². The zero-order chi connectivity index (χ0) is 34.4. The average molecular weight is 632 g/mol. The molecule has 3 aromatic rings. The molecule has 6 nitrogen and oxygen atoms in total. The second kappa shape index (κ2) is 22.9. The second-order valence-corrected chi connectivity index (χ2v) is 10.4. The van der Waals surface area contributed by atoms with Crippen LogP contribution in [0, 0.1) is 12.7 Å². The van der Waals surface area contributed by atoms with Crippen molar-refractivity contribution >= 4 is 18.2 Å². The number of hydrogen-bond acceptors (Lipinski definition) is 5. The number of aromatic nitrogens is 4. The molecule has 3 heterocycles. The molecule has 1 aliphatic heterocycles. The van der Waals surface area contributed by atoms with E-state index in [4.69, 9.17) is 0 Å². The minimum Gasteiger partial charge on any atom is -0.353 e. The number of hydrogen-bond donors (Lipinski definition) is 1. The smallest absolute Gasteiger partial charge is 0.247 e. The van der Waals surface area contributed by atoms with E-state index >= 15 is 0 Å². The van der Waals surface area contributed by atoms with Crippen molar-refractivity contribution in [2.75, 3.05) is 18.0 Å². The van der Waals surface area contributed by atoms with Crippen LogP contribution in [0.4, 0.5) is 19.0 Å². The SMILES string of the molecule is C/C(C=O)=C\c1ccc(-c2ncc(F)c(N3CCC(c4cn[nH]c4)C3)n2)cc1C.CC.CC.CCCC.CCCC(F)(F)CC. The highest BCUT2D eigenvalue weighted by molar-refractivity contribution is 5.81. The number of rotatable bonds is 9. The summed E-state index contributed by atoms with van der Waals surface area (Å²) in [5.41, 5.74) is 4.56. The molecule has 0 aliphatic carbocycles. The molecule has 0 amide bonds. The predicted octanol–water partition coefficient (Wildman–Crippen LogP) is 10.6. The van der Waals surface area contributed by atoms with Gasteiger partial charge in [-0.2, -0.15) is 5.10 Å². The zero-order valence-corrected chi connectivity index (χ0v) is 29.2.